The zero-order chi connectivity index (χ0) is 14.5. The Labute approximate surface area is 119 Å². The zero-order valence-corrected chi connectivity index (χ0v) is 11.8. The molecule has 20 heavy (non-hydrogen) atoms. The minimum Gasteiger partial charge on any atom is -0.481 e. The molecule has 1 atom stereocenters. The molecule has 2 rings (SSSR count). The standard InChI is InChI=1S/C16H21NO3/c1-2-14-11-17(8-7-15(14)18)10-13-5-3-12(4-6-13)9-16(19)20/h3-6,14H,2,7-11H2,1H3,(H,19,20). The Bertz CT molecular complexity index is 481. The fourth-order valence-electron chi connectivity index (χ4n) is 2.67. The quantitative estimate of drug-likeness (QED) is 0.894. The summed E-state index contributed by atoms with van der Waals surface area (Å²) in [6.07, 6.45) is 1.62. The van der Waals surface area contributed by atoms with Gasteiger partial charge in [-0.15, -0.1) is 0 Å². The minimum absolute atomic E-state index is 0.0659. The van der Waals surface area contributed by atoms with Gasteiger partial charge in [0, 0.05) is 32.0 Å². The maximum absolute atomic E-state index is 11.7. The van der Waals surface area contributed by atoms with Gasteiger partial charge in [0.15, 0.2) is 0 Å². The fraction of sp³-hybridized carbons (Fsp3) is 0.500. The topological polar surface area (TPSA) is 57.6 Å². The lowest BCUT2D eigenvalue weighted by molar-refractivity contribution is -0.136. The van der Waals surface area contributed by atoms with Crippen molar-refractivity contribution in [2.24, 2.45) is 5.92 Å². The number of hydrogen-bond donors (Lipinski definition) is 1. The van der Waals surface area contributed by atoms with Crippen LogP contribution in [0.1, 0.15) is 30.9 Å². The van der Waals surface area contributed by atoms with Crippen LogP contribution in [0.25, 0.3) is 0 Å². The van der Waals surface area contributed by atoms with Gasteiger partial charge >= 0.3 is 5.97 Å². The van der Waals surface area contributed by atoms with E-state index in [9.17, 15) is 9.59 Å². The number of carbonyl (C=O) groups is 2. The summed E-state index contributed by atoms with van der Waals surface area (Å²) in [6.45, 7) is 4.56. The summed E-state index contributed by atoms with van der Waals surface area (Å²) in [6, 6.07) is 7.71. The van der Waals surface area contributed by atoms with Crippen molar-refractivity contribution < 1.29 is 14.7 Å². The molecule has 4 heteroatoms. The summed E-state index contributed by atoms with van der Waals surface area (Å²) in [5, 5.41) is 8.74. The number of hydrogen-bond acceptors (Lipinski definition) is 3. The lowest BCUT2D eigenvalue weighted by Gasteiger charge is -2.31. The molecule has 108 valence electrons. The first-order valence-corrected chi connectivity index (χ1v) is 7.13. The maximum atomic E-state index is 11.7. The third-order valence-electron chi connectivity index (χ3n) is 3.89. The van der Waals surface area contributed by atoms with E-state index >= 15 is 0 Å². The van der Waals surface area contributed by atoms with Crippen molar-refractivity contribution in [1.82, 2.24) is 4.90 Å². The van der Waals surface area contributed by atoms with E-state index < -0.39 is 5.97 Å². The number of nitrogens with zero attached hydrogens (tertiary/aromatic N) is 1. The van der Waals surface area contributed by atoms with Crippen LogP contribution in [0, 0.1) is 5.92 Å². The molecule has 1 aromatic rings. The van der Waals surface area contributed by atoms with E-state index in [1.807, 2.05) is 24.3 Å². The van der Waals surface area contributed by atoms with Crippen molar-refractivity contribution in [3.8, 4) is 0 Å². The van der Waals surface area contributed by atoms with E-state index in [0.717, 1.165) is 31.6 Å². The molecular formula is C16H21NO3. The van der Waals surface area contributed by atoms with E-state index in [4.69, 9.17) is 5.11 Å². The van der Waals surface area contributed by atoms with Gasteiger partial charge in [0.2, 0.25) is 0 Å². The number of carbonyl (C=O) groups excluding carboxylic acids is 1. The van der Waals surface area contributed by atoms with E-state index in [2.05, 4.69) is 11.8 Å². The number of ketones is 1. The summed E-state index contributed by atoms with van der Waals surface area (Å²) >= 11 is 0. The first kappa shape index (κ1) is 14.7. The van der Waals surface area contributed by atoms with Gasteiger partial charge in [-0.2, -0.15) is 0 Å². The average Bonchev–Trinajstić information content (AvgIpc) is 2.42. The molecule has 0 spiro atoms. The molecule has 1 aromatic carbocycles. The molecule has 0 aromatic heterocycles. The van der Waals surface area contributed by atoms with E-state index in [1.54, 1.807) is 0 Å². The SMILES string of the molecule is CCC1CN(Cc2ccc(CC(=O)O)cc2)CCC1=O. The fourth-order valence-corrected chi connectivity index (χ4v) is 2.67. The summed E-state index contributed by atoms with van der Waals surface area (Å²) in [5.41, 5.74) is 1.99. The molecule has 1 N–H and O–H groups in total. The second-order valence-corrected chi connectivity index (χ2v) is 5.44. The molecule has 0 bridgehead atoms. The number of piperidine rings is 1. The summed E-state index contributed by atoms with van der Waals surface area (Å²) in [4.78, 5) is 24.6. The van der Waals surface area contributed by atoms with Gasteiger partial charge in [0.1, 0.15) is 5.78 Å². The van der Waals surface area contributed by atoms with Crippen molar-refractivity contribution in [3.63, 3.8) is 0 Å². The Kier molecular flexibility index (Phi) is 4.90. The van der Waals surface area contributed by atoms with Crippen LogP contribution in [-0.2, 0) is 22.6 Å². The number of aliphatic carboxylic acids is 1. The van der Waals surface area contributed by atoms with Crippen LogP contribution in [0.4, 0.5) is 0 Å². The lowest BCUT2D eigenvalue weighted by Crippen LogP contribution is -2.40. The highest BCUT2D eigenvalue weighted by molar-refractivity contribution is 5.82. The number of likely N-dealkylation sites (tertiary alicyclic amines) is 1. The third kappa shape index (κ3) is 3.90. The molecule has 1 heterocycles. The van der Waals surface area contributed by atoms with Gasteiger partial charge in [-0.05, 0) is 17.5 Å². The van der Waals surface area contributed by atoms with Crippen LogP contribution in [0.2, 0.25) is 0 Å². The average molecular weight is 275 g/mol. The van der Waals surface area contributed by atoms with Crippen LogP contribution in [0.15, 0.2) is 24.3 Å². The van der Waals surface area contributed by atoms with Gasteiger partial charge < -0.3 is 5.11 Å². The second-order valence-electron chi connectivity index (χ2n) is 5.44. The third-order valence-corrected chi connectivity index (χ3v) is 3.89. The van der Waals surface area contributed by atoms with E-state index in [1.165, 1.54) is 5.56 Å². The number of rotatable bonds is 5. The van der Waals surface area contributed by atoms with Crippen LogP contribution in [-0.4, -0.2) is 34.8 Å². The summed E-state index contributed by atoms with van der Waals surface area (Å²) < 4.78 is 0. The molecule has 0 aliphatic carbocycles. The first-order valence-electron chi connectivity index (χ1n) is 7.13. The number of benzene rings is 1. The predicted octanol–water partition coefficient (Wildman–Crippen LogP) is 2.11. The van der Waals surface area contributed by atoms with Crippen LogP contribution in [0.5, 0.6) is 0 Å². The smallest absolute Gasteiger partial charge is 0.307 e. The molecule has 0 saturated carbocycles. The highest BCUT2D eigenvalue weighted by Crippen LogP contribution is 2.18. The van der Waals surface area contributed by atoms with Crippen molar-refractivity contribution in [1.29, 1.82) is 0 Å². The van der Waals surface area contributed by atoms with Gasteiger partial charge in [0.25, 0.3) is 0 Å². The molecule has 1 aliphatic heterocycles. The lowest BCUT2D eigenvalue weighted by atomic mass is 9.94. The molecule has 1 aliphatic rings. The van der Waals surface area contributed by atoms with Crippen LogP contribution < -0.4 is 0 Å². The normalized spacial score (nSPS) is 20.1. The Morgan fingerprint density at radius 3 is 2.55 bits per heavy atom. The van der Waals surface area contributed by atoms with Crippen LogP contribution in [0.3, 0.4) is 0 Å². The van der Waals surface area contributed by atoms with Crippen molar-refractivity contribution in [2.75, 3.05) is 13.1 Å². The molecule has 1 fully saturated rings. The van der Waals surface area contributed by atoms with E-state index in [0.29, 0.717) is 12.2 Å². The number of carboxylic acids is 1. The largest absolute Gasteiger partial charge is 0.481 e. The highest BCUT2D eigenvalue weighted by Gasteiger charge is 2.25. The Balaban J connectivity index is 1.93. The zero-order valence-electron chi connectivity index (χ0n) is 11.8. The maximum Gasteiger partial charge on any atom is 0.307 e. The molecule has 4 nitrogen and oxygen atoms in total. The number of Topliss-reactive ketones (excluding diaryl/α,β-unsaturated/α-hetero) is 1. The molecule has 0 radical (unpaired) electrons. The molecule has 0 amide bonds. The van der Waals surface area contributed by atoms with Crippen LogP contribution >= 0.6 is 0 Å². The van der Waals surface area contributed by atoms with Crippen molar-refractivity contribution in [2.45, 2.75) is 32.7 Å². The monoisotopic (exact) mass is 275 g/mol. The highest BCUT2D eigenvalue weighted by atomic mass is 16.4. The Hall–Kier alpha value is -1.68. The molecule has 1 unspecified atom stereocenters. The Morgan fingerprint density at radius 2 is 1.95 bits per heavy atom. The first-order chi connectivity index (χ1) is 9.58. The predicted molar refractivity (Wildman–Crippen MR) is 76.5 cm³/mol. The summed E-state index contributed by atoms with van der Waals surface area (Å²) in [5.74, 6) is -0.242. The van der Waals surface area contributed by atoms with Gasteiger partial charge in [0.05, 0.1) is 6.42 Å². The Morgan fingerprint density at radius 1 is 1.30 bits per heavy atom. The minimum atomic E-state index is -0.807. The second kappa shape index (κ2) is 6.66. The van der Waals surface area contributed by atoms with Gasteiger partial charge in [-0.1, -0.05) is 31.2 Å². The van der Waals surface area contributed by atoms with Gasteiger partial charge in [-0.25, -0.2) is 0 Å². The molecular weight excluding hydrogens is 254 g/mol. The van der Waals surface area contributed by atoms with Crippen molar-refractivity contribution in [3.05, 3.63) is 35.4 Å². The number of carboxylic acid groups (broad SMARTS) is 1. The summed E-state index contributed by atoms with van der Waals surface area (Å²) in [7, 11) is 0. The van der Waals surface area contributed by atoms with Gasteiger partial charge in [-0.3, -0.25) is 14.5 Å². The van der Waals surface area contributed by atoms with Crippen molar-refractivity contribution >= 4 is 11.8 Å². The molecule has 1 saturated heterocycles. The van der Waals surface area contributed by atoms with E-state index in [-0.39, 0.29) is 12.3 Å².